The van der Waals surface area contributed by atoms with Gasteiger partial charge in [0.15, 0.2) is 5.78 Å². The van der Waals surface area contributed by atoms with Crippen molar-refractivity contribution in [3.05, 3.63) is 29.3 Å². The molecule has 3 nitrogen and oxygen atoms in total. The van der Waals surface area contributed by atoms with E-state index < -0.39 is 0 Å². The number of ether oxygens (including phenoxy) is 1. The van der Waals surface area contributed by atoms with E-state index >= 15 is 0 Å². The van der Waals surface area contributed by atoms with Gasteiger partial charge >= 0.3 is 0 Å². The van der Waals surface area contributed by atoms with Gasteiger partial charge in [-0.25, -0.2) is 0 Å². The van der Waals surface area contributed by atoms with Crippen molar-refractivity contribution in [3.63, 3.8) is 0 Å². The van der Waals surface area contributed by atoms with Crippen LogP contribution in [0.3, 0.4) is 0 Å². The maximum atomic E-state index is 12.4. The minimum Gasteiger partial charge on any atom is -0.493 e. The monoisotopic (exact) mass is 247 g/mol. The summed E-state index contributed by atoms with van der Waals surface area (Å²) < 4.78 is 5.67. The van der Waals surface area contributed by atoms with E-state index in [1.807, 2.05) is 25.1 Å². The van der Waals surface area contributed by atoms with Gasteiger partial charge in [0.25, 0.3) is 0 Å². The van der Waals surface area contributed by atoms with Crippen LogP contribution in [-0.4, -0.2) is 25.0 Å². The molecule has 1 aliphatic rings. The molecule has 2 rings (SSSR count). The van der Waals surface area contributed by atoms with Gasteiger partial charge in [-0.05, 0) is 44.9 Å². The molecule has 1 saturated heterocycles. The molecule has 0 aliphatic carbocycles. The van der Waals surface area contributed by atoms with Crippen molar-refractivity contribution in [2.24, 2.45) is 0 Å². The number of nitrogens with one attached hydrogen (secondary N) is 1. The molecule has 0 amide bonds. The summed E-state index contributed by atoms with van der Waals surface area (Å²) in [6, 6.07) is 5.81. The zero-order valence-electron chi connectivity index (χ0n) is 11.2. The van der Waals surface area contributed by atoms with Crippen LogP contribution in [0.15, 0.2) is 18.2 Å². The fourth-order valence-corrected chi connectivity index (χ4v) is 2.27. The summed E-state index contributed by atoms with van der Waals surface area (Å²) in [5.74, 6) is 0.892. The number of hydrogen-bond donors (Lipinski definition) is 1. The second-order valence-electron chi connectivity index (χ2n) is 4.86. The first-order valence-corrected chi connectivity index (χ1v) is 6.73. The Bertz CT molecular complexity index is 423. The van der Waals surface area contributed by atoms with Gasteiger partial charge in [-0.15, -0.1) is 0 Å². The molecule has 0 bridgehead atoms. The lowest BCUT2D eigenvalue weighted by atomic mass is 10.00. The predicted molar refractivity (Wildman–Crippen MR) is 72.3 cm³/mol. The highest BCUT2D eigenvalue weighted by molar-refractivity contribution is 6.02. The number of carbonyl (C=O) groups is 1. The van der Waals surface area contributed by atoms with E-state index in [0.717, 1.165) is 42.7 Å². The molecular formula is C15H21NO2. The maximum absolute atomic E-state index is 12.4. The largest absolute Gasteiger partial charge is 0.493 e. The number of ketones is 1. The average molecular weight is 247 g/mol. The van der Waals surface area contributed by atoms with Gasteiger partial charge in [0.2, 0.25) is 0 Å². The molecule has 0 spiro atoms. The highest BCUT2D eigenvalue weighted by Gasteiger charge is 2.25. The lowest BCUT2D eigenvalue weighted by Gasteiger charge is -2.14. The van der Waals surface area contributed by atoms with Crippen LogP contribution in [0.2, 0.25) is 0 Å². The topological polar surface area (TPSA) is 38.3 Å². The molecule has 1 unspecified atom stereocenters. The molecule has 1 aromatic carbocycles. The van der Waals surface area contributed by atoms with E-state index in [4.69, 9.17) is 4.74 Å². The maximum Gasteiger partial charge on any atom is 0.183 e. The minimum atomic E-state index is -0.0317. The molecule has 1 N–H and O–H groups in total. The van der Waals surface area contributed by atoms with Crippen LogP contribution >= 0.6 is 0 Å². The first kappa shape index (κ1) is 13.1. The Morgan fingerprint density at radius 1 is 1.50 bits per heavy atom. The van der Waals surface area contributed by atoms with E-state index in [0.29, 0.717) is 6.61 Å². The number of carbonyl (C=O) groups excluding carboxylic acids is 1. The smallest absolute Gasteiger partial charge is 0.183 e. The first-order chi connectivity index (χ1) is 8.72. The van der Waals surface area contributed by atoms with Gasteiger partial charge in [0.05, 0.1) is 18.2 Å². The summed E-state index contributed by atoms with van der Waals surface area (Å²) in [6.07, 6.45) is 2.95. The number of hydrogen-bond acceptors (Lipinski definition) is 3. The lowest BCUT2D eigenvalue weighted by Crippen LogP contribution is -2.31. The summed E-state index contributed by atoms with van der Waals surface area (Å²) in [5, 5.41) is 3.25. The van der Waals surface area contributed by atoms with Crippen LogP contribution in [0.5, 0.6) is 5.75 Å². The molecule has 98 valence electrons. The Kier molecular flexibility index (Phi) is 4.37. The van der Waals surface area contributed by atoms with Crippen molar-refractivity contribution >= 4 is 5.78 Å². The number of aryl methyl sites for hydroxylation is 1. The molecule has 18 heavy (non-hydrogen) atoms. The third-order valence-electron chi connectivity index (χ3n) is 3.24. The van der Waals surface area contributed by atoms with Gasteiger partial charge in [0, 0.05) is 0 Å². The van der Waals surface area contributed by atoms with Gasteiger partial charge < -0.3 is 10.1 Å². The number of Topliss-reactive ketones (excluding diaryl/α,β-unsaturated/α-hetero) is 1. The fourth-order valence-electron chi connectivity index (χ4n) is 2.27. The standard InChI is InChI=1S/C15H21NO2/c1-3-9-18-14-7-6-11(2)10-12(14)15(17)13-5-4-8-16-13/h6-7,10,13,16H,3-5,8-9H2,1-2H3. The minimum absolute atomic E-state index is 0.0317. The van der Waals surface area contributed by atoms with Crippen LogP contribution in [0.1, 0.15) is 42.1 Å². The summed E-state index contributed by atoms with van der Waals surface area (Å²) in [7, 11) is 0. The van der Waals surface area contributed by atoms with E-state index in [9.17, 15) is 4.79 Å². The summed E-state index contributed by atoms with van der Waals surface area (Å²) >= 11 is 0. The van der Waals surface area contributed by atoms with E-state index in [2.05, 4.69) is 12.2 Å². The van der Waals surface area contributed by atoms with Crippen LogP contribution in [0, 0.1) is 6.92 Å². The predicted octanol–water partition coefficient (Wildman–Crippen LogP) is 2.72. The third kappa shape index (κ3) is 2.91. The fraction of sp³-hybridized carbons (Fsp3) is 0.533. The van der Waals surface area contributed by atoms with Crippen molar-refractivity contribution in [2.75, 3.05) is 13.2 Å². The van der Waals surface area contributed by atoms with Gasteiger partial charge in [-0.1, -0.05) is 18.6 Å². The van der Waals surface area contributed by atoms with Crippen LogP contribution in [-0.2, 0) is 0 Å². The number of rotatable bonds is 5. The van der Waals surface area contributed by atoms with Crippen molar-refractivity contribution in [2.45, 2.75) is 39.2 Å². The lowest BCUT2D eigenvalue weighted by molar-refractivity contribution is 0.0948. The zero-order chi connectivity index (χ0) is 13.0. The molecule has 1 heterocycles. The van der Waals surface area contributed by atoms with E-state index in [1.165, 1.54) is 0 Å². The summed E-state index contributed by atoms with van der Waals surface area (Å²) in [5.41, 5.74) is 1.82. The second-order valence-corrected chi connectivity index (χ2v) is 4.86. The van der Waals surface area contributed by atoms with Crippen LogP contribution < -0.4 is 10.1 Å². The van der Waals surface area contributed by atoms with Gasteiger partial charge in [-0.3, -0.25) is 4.79 Å². The Labute approximate surface area is 109 Å². The highest BCUT2D eigenvalue weighted by atomic mass is 16.5. The zero-order valence-corrected chi connectivity index (χ0v) is 11.2. The Hall–Kier alpha value is -1.35. The molecular weight excluding hydrogens is 226 g/mol. The SMILES string of the molecule is CCCOc1ccc(C)cc1C(=O)C1CCCN1. The highest BCUT2D eigenvalue weighted by Crippen LogP contribution is 2.24. The van der Waals surface area contributed by atoms with E-state index in [1.54, 1.807) is 0 Å². The van der Waals surface area contributed by atoms with Gasteiger partial charge in [0.1, 0.15) is 5.75 Å². The molecule has 3 heteroatoms. The summed E-state index contributed by atoms with van der Waals surface area (Å²) in [4.78, 5) is 12.4. The Morgan fingerprint density at radius 2 is 2.33 bits per heavy atom. The van der Waals surface area contributed by atoms with E-state index in [-0.39, 0.29) is 11.8 Å². The third-order valence-corrected chi connectivity index (χ3v) is 3.24. The molecule has 1 aliphatic heterocycles. The van der Waals surface area contributed by atoms with Gasteiger partial charge in [-0.2, -0.15) is 0 Å². The van der Waals surface area contributed by atoms with Crippen molar-refractivity contribution in [1.29, 1.82) is 0 Å². The Balaban J connectivity index is 2.22. The molecule has 1 atom stereocenters. The molecule has 0 saturated carbocycles. The van der Waals surface area contributed by atoms with Crippen LogP contribution in [0.4, 0.5) is 0 Å². The summed E-state index contributed by atoms with van der Waals surface area (Å²) in [6.45, 7) is 5.66. The second kappa shape index (κ2) is 6.01. The quantitative estimate of drug-likeness (QED) is 0.813. The van der Waals surface area contributed by atoms with Crippen LogP contribution in [0.25, 0.3) is 0 Å². The van der Waals surface area contributed by atoms with Crippen molar-refractivity contribution < 1.29 is 9.53 Å². The van der Waals surface area contributed by atoms with Crippen molar-refractivity contribution in [3.8, 4) is 5.75 Å². The molecule has 1 aromatic rings. The molecule has 1 fully saturated rings. The molecule has 0 aromatic heterocycles. The number of benzene rings is 1. The van der Waals surface area contributed by atoms with Crippen molar-refractivity contribution in [1.82, 2.24) is 5.32 Å². The normalized spacial score (nSPS) is 18.9. The molecule has 0 radical (unpaired) electrons. The average Bonchev–Trinajstić information content (AvgIpc) is 2.90. The Morgan fingerprint density at radius 3 is 3.00 bits per heavy atom. The first-order valence-electron chi connectivity index (χ1n) is 6.73.